The van der Waals surface area contributed by atoms with E-state index < -0.39 is 0 Å². The van der Waals surface area contributed by atoms with Crippen molar-refractivity contribution in [2.75, 3.05) is 5.43 Å². The van der Waals surface area contributed by atoms with Gasteiger partial charge in [0.1, 0.15) is 5.82 Å². The number of nitrogens with two attached hydrogens (primary N) is 1. The van der Waals surface area contributed by atoms with Gasteiger partial charge >= 0.3 is 0 Å². The molecule has 0 aliphatic rings. The molecule has 2 aromatic heterocycles. The van der Waals surface area contributed by atoms with Crippen molar-refractivity contribution >= 4 is 28.4 Å². The van der Waals surface area contributed by atoms with Crippen molar-refractivity contribution in [3.8, 4) is 0 Å². The SMILES string of the molecule is NNc1cccc(Cn2cncc(I)c2=O)n1. The van der Waals surface area contributed by atoms with Crippen molar-refractivity contribution in [2.24, 2.45) is 5.84 Å². The fraction of sp³-hybridized carbons (Fsp3) is 0.100. The van der Waals surface area contributed by atoms with Crippen molar-refractivity contribution in [2.45, 2.75) is 6.54 Å². The lowest BCUT2D eigenvalue weighted by Gasteiger charge is -2.06. The lowest BCUT2D eigenvalue weighted by atomic mass is 10.3. The van der Waals surface area contributed by atoms with Crippen LogP contribution in [0, 0.1) is 3.57 Å². The van der Waals surface area contributed by atoms with Gasteiger partial charge in [-0.3, -0.25) is 9.36 Å². The maximum absolute atomic E-state index is 11.8. The van der Waals surface area contributed by atoms with Gasteiger partial charge in [-0.05, 0) is 34.7 Å². The second-order valence-electron chi connectivity index (χ2n) is 3.33. The number of hydrogen-bond donors (Lipinski definition) is 2. The van der Waals surface area contributed by atoms with E-state index in [-0.39, 0.29) is 5.56 Å². The summed E-state index contributed by atoms with van der Waals surface area (Å²) >= 11 is 1.96. The molecule has 0 fully saturated rings. The van der Waals surface area contributed by atoms with E-state index >= 15 is 0 Å². The van der Waals surface area contributed by atoms with E-state index in [1.54, 1.807) is 6.07 Å². The standard InChI is InChI=1S/C10H10IN5O/c11-8-4-13-6-16(10(8)17)5-7-2-1-3-9(14-7)15-12/h1-4,6H,5,12H2,(H,14,15). The quantitative estimate of drug-likeness (QED) is 0.484. The first-order valence-electron chi connectivity index (χ1n) is 4.83. The maximum Gasteiger partial charge on any atom is 0.267 e. The zero-order valence-electron chi connectivity index (χ0n) is 8.80. The van der Waals surface area contributed by atoms with Crippen molar-refractivity contribution in [3.05, 3.63) is 50.3 Å². The Morgan fingerprint density at radius 1 is 1.47 bits per heavy atom. The molecule has 7 heteroatoms. The minimum absolute atomic E-state index is 0.0755. The Balaban J connectivity index is 2.31. The molecule has 0 bridgehead atoms. The third-order valence-electron chi connectivity index (χ3n) is 2.15. The molecule has 2 rings (SSSR count). The number of pyridine rings is 1. The predicted octanol–water partition coefficient (Wildman–Crippen LogP) is 0.577. The molecule has 0 aliphatic carbocycles. The van der Waals surface area contributed by atoms with Gasteiger partial charge in [0.05, 0.1) is 22.1 Å². The van der Waals surface area contributed by atoms with Crippen molar-refractivity contribution in [3.63, 3.8) is 0 Å². The first kappa shape index (κ1) is 12.0. The van der Waals surface area contributed by atoms with E-state index in [0.29, 0.717) is 15.9 Å². The normalized spacial score (nSPS) is 10.2. The minimum atomic E-state index is -0.0755. The highest BCUT2D eigenvalue weighted by Gasteiger charge is 2.03. The molecule has 0 aliphatic heterocycles. The number of hydrogen-bond acceptors (Lipinski definition) is 5. The smallest absolute Gasteiger partial charge is 0.267 e. The zero-order chi connectivity index (χ0) is 12.3. The van der Waals surface area contributed by atoms with E-state index in [2.05, 4.69) is 15.4 Å². The topological polar surface area (TPSA) is 85.8 Å². The molecule has 0 unspecified atom stereocenters. The van der Waals surface area contributed by atoms with E-state index in [0.717, 1.165) is 5.69 Å². The molecule has 6 nitrogen and oxygen atoms in total. The van der Waals surface area contributed by atoms with E-state index in [4.69, 9.17) is 5.84 Å². The molecule has 17 heavy (non-hydrogen) atoms. The lowest BCUT2D eigenvalue weighted by Crippen LogP contribution is -2.23. The number of hydrazine groups is 1. The second kappa shape index (κ2) is 5.23. The number of nitrogens with one attached hydrogen (secondary N) is 1. The van der Waals surface area contributed by atoms with Crippen LogP contribution in [-0.4, -0.2) is 14.5 Å². The third-order valence-corrected chi connectivity index (χ3v) is 2.89. The highest BCUT2D eigenvalue weighted by molar-refractivity contribution is 14.1. The molecule has 0 saturated heterocycles. The van der Waals surface area contributed by atoms with Gasteiger partial charge in [0, 0.05) is 6.20 Å². The molecule has 2 heterocycles. The lowest BCUT2D eigenvalue weighted by molar-refractivity contribution is 0.714. The summed E-state index contributed by atoms with van der Waals surface area (Å²) in [5.41, 5.74) is 3.13. The predicted molar refractivity (Wildman–Crippen MR) is 72.4 cm³/mol. The first-order valence-corrected chi connectivity index (χ1v) is 5.91. The van der Waals surface area contributed by atoms with E-state index in [1.165, 1.54) is 17.1 Å². The summed E-state index contributed by atoms with van der Waals surface area (Å²) in [6.07, 6.45) is 3.03. The molecule has 0 atom stereocenters. The highest BCUT2D eigenvalue weighted by Crippen LogP contribution is 2.04. The Morgan fingerprint density at radius 3 is 3.06 bits per heavy atom. The van der Waals surface area contributed by atoms with Crippen LogP contribution in [0.4, 0.5) is 5.82 Å². The molecule has 0 amide bonds. The number of halogens is 1. The Hall–Kier alpha value is -1.48. The Morgan fingerprint density at radius 2 is 2.29 bits per heavy atom. The fourth-order valence-electron chi connectivity index (χ4n) is 1.36. The summed E-state index contributed by atoms with van der Waals surface area (Å²) in [6.45, 7) is 0.373. The van der Waals surface area contributed by atoms with Gasteiger partial charge in [0.2, 0.25) is 0 Å². The van der Waals surface area contributed by atoms with Crippen LogP contribution in [0.1, 0.15) is 5.69 Å². The van der Waals surface area contributed by atoms with Gasteiger partial charge in [0.25, 0.3) is 5.56 Å². The highest BCUT2D eigenvalue weighted by atomic mass is 127. The summed E-state index contributed by atoms with van der Waals surface area (Å²) in [4.78, 5) is 20.0. The fourth-order valence-corrected chi connectivity index (χ4v) is 1.83. The largest absolute Gasteiger partial charge is 0.308 e. The molecule has 2 aromatic rings. The minimum Gasteiger partial charge on any atom is -0.308 e. The van der Waals surface area contributed by atoms with E-state index in [1.807, 2.05) is 34.7 Å². The van der Waals surface area contributed by atoms with Crippen molar-refractivity contribution < 1.29 is 0 Å². The average Bonchev–Trinajstić information content (AvgIpc) is 2.35. The number of aromatic nitrogens is 3. The van der Waals surface area contributed by atoms with Crippen LogP contribution in [0.2, 0.25) is 0 Å². The average molecular weight is 343 g/mol. The van der Waals surface area contributed by atoms with Crippen LogP contribution in [-0.2, 0) is 6.54 Å². The Kier molecular flexibility index (Phi) is 3.69. The summed E-state index contributed by atoms with van der Waals surface area (Å²) in [6, 6.07) is 5.40. The van der Waals surface area contributed by atoms with Crippen LogP contribution in [0.5, 0.6) is 0 Å². The van der Waals surface area contributed by atoms with Gasteiger partial charge in [-0.15, -0.1) is 0 Å². The molecule has 88 valence electrons. The van der Waals surface area contributed by atoms with Gasteiger partial charge in [-0.2, -0.15) is 0 Å². The van der Waals surface area contributed by atoms with Crippen molar-refractivity contribution in [1.29, 1.82) is 0 Å². The second-order valence-corrected chi connectivity index (χ2v) is 4.50. The van der Waals surface area contributed by atoms with Gasteiger partial charge in [-0.1, -0.05) is 6.07 Å². The number of nitrogen functional groups attached to an aromatic ring is 1. The van der Waals surface area contributed by atoms with Crippen LogP contribution in [0.3, 0.4) is 0 Å². The molecule has 0 saturated carbocycles. The van der Waals surface area contributed by atoms with E-state index in [9.17, 15) is 4.79 Å². The summed E-state index contributed by atoms with van der Waals surface area (Å²) in [5, 5.41) is 0. The molecule has 0 spiro atoms. The summed E-state index contributed by atoms with van der Waals surface area (Å²) in [7, 11) is 0. The molecule has 3 N–H and O–H groups in total. The monoisotopic (exact) mass is 343 g/mol. The Bertz CT molecular complexity index is 583. The molecular weight excluding hydrogens is 333 g/mol. The number of anilines is 1. The number of nitrogens with zero attached hydrogens (tertiary/aromatic N) is 3. The van der Waals surface area contributed by atoms with Crippen molar-refractivity contribution in [1.82, 2.24) is 14.5 Å². The van der Waals surface area contributed by atoms with Crippen LogP contribution >= 0.6 is 22.6 Å². The van der Waals surface area contributed by atoms with Crippen LogP contribution < -0.4 is 16.8 Å². The molecular formula is C10H10IN5O. The summed E-state index contributed by atoms with van der Waals surface area (Å²) < 4.78 is 2.09. The molecule has 0 aromatic carbocycles. The maximum atomic E-state index is 11.8. The molecule has 0 radical (unpaired) electrons. The zero-order valence-corrected chi connectivity index (χ0v) is 11.0. The van der Waals surface area contributed by atoms with Gasteiger partial charge in [-0.25, -0.2) is 15.8 Å². The Labute approximate surface area is 111 Å². The van der Waals surface area contributed by atoms with Crippen LogP contribution in [0.25, 0.3) is 0 Å². The van der Waals surface area contributed by atoms with Gasteiger partial charge < -0.3 is 5.43 Å². The van der Waals surface area contributed by atoms with Crippen LogP contribution in [0.15, 0.2) is 35.5 Å². The number of rotatable bonds is 3. The third kappa shape index (κ3) is 2.80. The summed E-state index contributed by atoms with van der Waals surface area (Å²) in [5.74, 6) is 5.84. The van der Waals surface area contributed by atoms with Gasteiger partial charge in [0.15, 0.2) is 0 Å². The first-order chi connectivity index (χ1) is 8.20.